The Morgan fingerprint density at radius 3 is 2.82 bits per heavy atom. The Hall–Kier alpha value is -4.09. The molecule has 0 radical (unpaired) electrons. The average Bonchev–Trinajstić information content (AvgIpc) is 3.62. The molecule has 3 amide bonds. The number of rotatable bonds is 8. The zero-order valence-electron chi connectivity index (χ0n) is 26.1. The number of fused-ring (bicyclic) bond motifs is 1. The highest BCUT2D eigenvalue weighted by Gasteiger charge is 2.33. The molecule has 44 heavy (non-hydrogen) atoms. The quantitative estimate of drug-likeness (QED) is 0.413. The molecule has 0 saturated carbocycles. The maximum absolute atomic E-state index is 13.6. The van der Waals surface area contributed by atoms with Crippen molar-refractivity contribution in [3.63, 3.8) is 0 Å². The summed E-state index contributed by atoms with van der Waals surface area (Å²) in [6.07, 6.45) is 9.55. The Labute approximate surface area is 258 Å². The van der Waals surface area contributed by atoms with Crippen LogP contribution in [-0.2, 0) is 35.9 Å². The van der Waals surface area contributed by atoms with Gasteiger partial charge in [-0.3, -0.25) is 24.0 Å². The molecule has 0 aromatic carbocycles. The van der Waals surface area contributed by atoms with Crippen molar-refractivity contribution in [3.8, 4) is 11.4 Å². The lowest BCUT2D eigenvalue weighted by Gasteiger charge is -2.35. The van der Waals surface area contributed by atoms with E-state index >= 15 is 0 Å². The monoisotopic (exact) mass is 604 g/mol. The van der Waals surface area contributed by atoms with Gasteiger partial charge in [-0.2, -0.15) is 10.1 Å². The van der Waals surface area contributed by atoms with Gasteiger partial charge < -0.3 is 19.6 Å². The molecule has 2 aliphatic rings. The summed E-state index contributed by atoms with van der Waals surface area (Å²) in [6, 6.07) is 3.72. The van der Waals surface area contributed by atoms with Gasteiger partial charge in [-0.1, -0.05) is 19.0 Å². The topological polar surface area (TPSA) is 139 Å². The predicted molar refractivity (Wildman–Crippen MR) is 163 cm³/mol. The molecule has 12 heteroatoms. The third-order valence-corrected chi connectivity index (χ3v) is 8.58. The van der Waals surface area contributed by atoms with E-state index in [1.54, 1.807) is 12.4 Å². The summed E-state index contributed by atoms with van der Waals surface area (Å²) in [6.45, 7) is 6.47. The molecule has 0 saturated heterocycles. The molecule has 3 aromatic rings. The highest BCUT2D eigenvalue weighted by Crippen LogP contribution is 2.28. The smallest absolute Gasteiger partial charge is 0.272 e. The fraction of sp³-hybridized carbons (Fsp3) is 0.594. The van der Waals surface area contributed by atoms with Crippen LogP contribution < -0.4 is 5.32 Å². The van der Waals surface area contributed by atoms with Gasteiger partial charge in [0.15, 0.2) is 5.69 Å². The first kappa shape index (κ1) is 31.3. The molecule has 236 valence electrons. The van der Waals surface area contributed by atoms with Crippen molar-refractivity contribution >= 4 is 17.7 Å². The average molecular weight is 605 g/mol. The van der Waals surface area contributed by atoms with Crippen molar-refractivity contribution in [2.24, 2.45) is 13.0 Å². The van der Waals surface area contributed by atoms with Crippen molar-refractivity contribution < 1.29 is 18.9 Å². The number of amides is 3. The van der Waals surface area contributed by atoms with Crippen LogP contribution in [0.25, 0.3) is 11.4 Å². The van der Waals surface area contributed by atoms with Crippen LogP contribution in [0.3, 0.4) is 0 Å². The molecule has 12 nitrogen and oxygen atoms in total. The molecular weight excluding hydrogens is 560 g/mol. The number of carbonyl (C=O) groups excluding carboxylic acids is 3. The number of carbonyl (C=O) groups is 3. The van der Waals surface area contributed by atoms with Gasteiger partial charge in [0.25, 0.3) is 5.91 Å². The van der Waals surface area contributed by atoms with Gasteiger partial charge in [0.1, 0.15) is 0 Å². The molecule has 1 N–H and O–H groups in total. The fourth-order valence-electron chi connectivity index (χ4n) is 6.13. The molecular formula is C32H44N8O4. The van der Waals surface area contributed by atoms with Crippen LogP contribution in [0.15, 0.2) is 29.0 Å². The van der Waals surface area contributed by atoms with E-state index in [9.17, 15) is 14.4 Å². The third-order valence-electron chi connectivity index (χ3n) is 8.58. The highest BCUT2D eigenvalue weighted by atomic mass is 16.5. The van der Waals surface area contributed by atoms with Gasteiger partial charge in [-0.15, -0.1) is 0 Å². The lowest BCUT2D eigenvalue weighted by atomic mass is 9.89. The van der Waals surface area contributed by atoms with Gasteiger partial charge in [-0.05, 0) is 63.0 Å². The number of aromatic nitrogens is 5. The Morgan fingerprint density at radius 2 is 2.02 bits per heavy atom. The summed E-state index contributed by atoms with van der Waals surface area (Å²) in [4.78, 5) is 52.6. The van der Waals surface area contributed by atoms with Crippen molar-refractivity contribution in [2.75, 3.05) is 26.2 Å². The number of hydrogen-bond acceptors (Lipinski definition) is 8. The summed E-state index contributed by atoms with van der Waals surface area (Å²) >= 11 is 0. The van der Waals surface area contributed by atoms with E-state index in [0.29, 0.717) is 94.5 Å². The van der Waals surface area contributed by atoms with E-state index < -0.39 is 0 Å². The third kappa shape index (κ3) is 7.70. The van der Waals surface area contributed by atoms with E-state index in [-0.39, 0.29) is 23.8 Å². The summed E-state index contributed by atoms with van der Waals surface area (Å²) < 4.78 is 7.20. The first-order valence-corrected chi connectivity index (χ1v) is 15.9. The number of hydrogen-bond donors (Lipinski definition) is 1. The minimum Gasteiger partial charge on any atom is -0.351 e. The summed E-state index contributed by atoms with van der Waals surface area (Å²) in [5.74, 6) is 1.38. The van der Waals surface area contributed by atoms with E-state index in [2.05, 4.69) is 39.4 Å². The lowest BCUT2D eigenvalue weighted by Crippen LogP contribution is -2.45. The zero-order chi connectivity index (χ0) is 31.1. The van der Waals surface area contributed by atoms with Gasteiger partial charge in [-0.25, -0.2) is 0 Å². The second-order valence-corrected chi connectivity index (χ2v) is 12.3. The molecule has 2 bridgehead atoms. The minimum absolute atomic E-state index is 0.0178. The number of nitrogens with one attached hydrogen (secondary N) is 1. The maximum atomic E-state index is 13.6. The van der Waals surface area contributed by atoms with Crippen molar-refractivity contribution in [1.82, 2.24) is 40.0 Å². The van der Waals surface area contributed by atoms with Crippen LogP contribution in [0.1, 0.15) is 86.4 Å². The minimum atomic E-state index is -0.194. The van der Waals surface area contributed by atoms with Crippen molar-refractivity contribution in [2.45, 2.75) is 84.1 Å². The lowest BCUT2D eigenvalue weighted by molar-refractivity contribution is -0.135. The second kappa shape index (κ2) is 14.6. The van der Waals surface area contributed by atoms with Gasteiger partial charge >= 0.3 is 0 Å². The van der Waals surface area contributed by atoms with Crippen LogP contribution in [0, 0.1) is 5.92 Å². The summed E-state index contributed by atoms with van der Waals surface area (Å²) in [5, 5.41) is 11.6. The van der Waals surface area contributed by atoms with Crippen LogP contribution in [0.5, 0.6) is 0 Å². The van der Waals surface area contributed by atoms with Crippen LogP contribution in [0.2, 0.25) is 0 Å². The van der Waals surface area contributed by atoms with E-state index in [0.717, 1.165) is 36.1 Å². The molecule has 4 heterocycles. The zero-order valence-corrected chi connectivity index (χ0v) is 26.1. The summed E-state index contributed by atoms with van der Waals surface area (Å²) in [5.41, 5.74) is 3.28. The number of nitrogens with zero attached hydrogens (tertiary/aromatic N) is 7. The number of pyridine rings is 1. The van der Waals surface area contributed by atoms with Crippen molar-refractivity contribution in [1.29, 1.82) is 0 Å². The fourth-order valence-corrected chi connectivity index (χ4v) is 6.13. The molecule has 1 aliphatic heterocycles. The Kier molecular flexibility index (Phi) is 10.4. The van der Waals surface area contributed by atoms with Gasteiger partial charge in [0.2, 0.25) is 23.5 Å². The molecule has 0 fully saturated rings. The molecule has 3 aromatic heterocycles. The Bertz CT molecular complexity index is 1430. The van der Waals surface area contributed by atoms with Gasteiger partial charge in [0, 0.05) is 87.7 Å². The predicted octanol–water partition coefficient (Wildman–Crippen LogP) is 3.36. The largest absolute Gasteiger partial charge is 0.351 e. The molecule has 5 rings (SSSR count). The van der Waals surface area contributed by atoms with Crippen molar-refractivity contribution in [3.05, 3.63) is 47.4 Å². The van der Waals surface area contributed by atoms with Crippen LogP contribution in [-0.4, -0.2) is 84.6 Å². The first-order chi connectivity index (χ1) is 21.3. The SMILES string of the molecule is CC(C)CCN1C(=O)CCCN(C(=O)CCCc2nc(-c3cccnc3)no2)CCCNC(=O)c2nn(C)c3c2CC1CC3. The second-order valence-electron chi connectivity index (χ2n) is 12.3. The number of aryl methyl sites for hydroxylation is 2. The van der Waals surface area contributed by atoms with Gasteiger partial charge in [0.05, 0.1) is 0 Å². The Morgan fingerprint density at radius 1 is 1.18 bits per heavy atom. The molecule has 1 unspecified atom stereocenters. The molecule has 1 aliphatic carbocycles. The standard InChI is InChI=1S/C32H44N8O4/c1-22(2)14-19-40-24-12-13-26-25(20-24)30(36-38(26)3)32(43)34-16-7-18-39(17-6-11-29(40)42)28(41)10-4-9-27-35-31(37-44-27)23-8-5-15-33-21-23/h5,8,15,21-22,24H,4,6-7,9-14,16-20H2,1-3H3,(H,34,43). The van der Waals surface area contributed by atoms with Crippen LogP contribution in [0.4, 0.5) is 0 Å². The van der Waals surface area contributed by atoms with E-state index in [1.165, 1.54) is 0 Å². The normalized spacial score (nSPS) is 18.2. The molecule has 1 atom stereocenters. The van der Waals surface area contributed by atoms with E-state index in [1.807, 2.05) is 33.7 Å². The highest BCUT2D eigenvalue weighted by molar-refractivity contribution is 5.94. The van der Waals surface area contributed by atoms with Crippen LogP contribution >= 0.6 is 0 Å². The first-order valence-electron chi connectivity index (χ1n) is 15.9. The summed E-state index contributed by atoms with van der Waals surface area (Å²) in [7, 11) is 1.89. The Balaban J connectivity index is 1.24. The van der Waals surface area contributed by atoms with E-state index in [4.69, 9.17) is 4.52 Å². The maximum Gasteiger partial charge on any atom is 0.272 e. The molecule has 0 spiro atoms.